The van der Waals surface area contributed by atoms with Gasteiger partial charge in [-0.1, -0.05) is 13.8 Å². The maximum atomic E-state index is 12.5. The van der Waals surface area contributed by atoms with E-state index in [2.05, 4.69) is 23.7 Å². The minimum atomic E-state index is -4.38. The molecule has 0 aliphatic carbocycles. The van der Waals surface area contributed by atoms with Gasteiger partial charge < -0.3 is 9.47 Å². The third kappa shape index (κ3) is 5.14. The molecule has 1 saturated heterocycles. The average molecular weight is 318 g/mol. The number of aromatic nitrogens is 1. The van der Waals surface area contributed by atoms with Gasteiger partial charge in [0.25, 0.3) is 0 Å². The van der Waals surface area contributed by atoms with Crippen LogP contribution in [0, 0.1) is 5.92 Å². The number of alkyl halides is 3. The van der Waals surface area contributed by atoms with Gasteiger partial charge in [0.05, 0.1) is 18.8 Å². The first kappa shape index (κ1) is 17.0. The van der Waals surface area contributed by atoms with Crippen molar-refractivity contribution >= 4 is 0 Å². The lowest BCUT2D eigenvalue weighted by molar-refractivity contribution is -0.137. The zero-order valence-electron chi connectivity index (χ0n) is 12.8. The van der Waals surface area contributed by atoms with Crippen LogP contribution in [0.15, 0.2) is 18.3 Å². The van der Waals surface area contributed by atoms with Gasteiger partial charge in [-0.2, -0.15) is 13.2 Å². The highest BCUT2D eigenvalue weighted by Crippen LogP contribution is 2.29. The summed E-state index contributed by atoms with van der Waals surface area (Å²) in [5, 5.41) is 0. The molecule has 0 aromatic carbocycles. The summed E-state index contributed by atoms with van der Waals surface area (Å²) in [5.74, 6) is 0.718. The summed E-state index contributed by atoms with van der Waals surface area (Å²) in [5.41, 5.74) is -0.779. The number of hydrogen-bond acceptors (Lipinski definition) is 4. The van der Waals surface area contributed by atoms with Gasteiger partial charge in [-0.3, -0.25) is 4.90 Å². The van der Waals surface area contributed by atoms with Crippen LogP contribution >= 0.6 is 0 Å². The summed E-state index contributed by atoms with van der Waals surface area (Å²) in [4.78, 5) is 5.98. The van der Waals surface area contributed by atoms with E-state index in [1.165, 1.54) is 6.07 Å². The number of halogens is 3. The van der Waals surface area contributed by atoms with E-state index in [4.69, 9.17) is 9.47 Å². The zero-order chi connectivity index (χ0) is 16.2. The van der Waals surface area contributed by atoms with E-state index in [1.54, 1.807) is 0 Å². The fourth-order valence-electron chi connectivity index (χ4n) is 2.38. The zero-order valence-corrected chi connectivity index (χ0v) is 12.8. The van der Waals surface area contributed by atoms with E-state index < -0.39 is 11.7 Å². The van der Waals surface area contributed by atoms with E-state index >= 15 is 0 Å². The Labute approximate surface area is 128 Å². The normalized spacial score (nSPS) is 20.9. The average Bonchev–Trinajstić information content (AvgIpc) is 2.63. The first-order valence-electron chi connectivity index (χ1n) is 7.34. The van der Waals surface area contributed by atoms with Crippen LogP contribution in [-0.4, -0.2) is 48.8 Å². The molecular weight excluding hydrogens is 297 g/mol. The van der Waals surface area contributed by atoms with Gasteiger partial charge in [-0.25, -0.2) is 4.98 Å². The number of rotatable bonds is 4. The van der Waals surface area contributed by atoms with E-state index in [9.17, 15) is 13.2 Å². The molecule has 0 radical (unpaired) electrons. The second kappa shape index (κ2) is 7.28. The van der Waals surface area contributed by atoms with Crippen molar-refractivity contribution in [3.05, 3.63) is 23.9 Å². The van der Waals surface area contributed by atoms with Gasteiger partial charge in [0.1, 0.15) is 6.10 Å². The molecule has 1 aromatic rings. The molecule has 4 nitrogen and oxygen atoms in total. The molecule has 1 unspecified atom stereocenters. The molecule has 0 saturated carbocycles. The van der Waals surface area contributed by atoms with Gasteiger partial charge in [0.2, 0.25) is 5.88 Å². The molecule has 22 heavy (non-hydrogen) atoms. The molecule has 7 heteroatoms. The smallest absolute Gasteiger partial charge is 0.417 e. The van der Waals surface area contributed by atoms with Gasteiger partial charge in [-0.15, -0.1) is 0 Å². The summed E-state index contributed by atoms with van der Waals surface area (Å²) in [6.45, 7) is 7.77. The third-order valence-electron chi connectivity index (χ3n) is 3.29. The monoisotopic (exact) mass is 318 g/mol. The third-order valence-corrected chi connectivity index (χ3v) is 3.29. The molecule has 1 fully saturated rings. The molecule has 0 spiro atoms. The predicted octanol–water partition coefficient (Wildman–Crippen LogP) is 2.84. The summed E-state index contributed by atoms with van der Waals surface area (Å²) in [6, 6.07) is 2.23. The number of nitrogens with zero attached hydrogens (tertiary/aromatic N) is 2. The minimum Gasteiger partial charge on any atom is -0.471 e. The van der Waals surface area contributed by atoms with Gasteiger partial charge in [-0.05, 0) is 12.0 Å². The largest absolute Gasteiger partial charge is 0.471 e. The van der Waals surface area contributed by atoms with Crippen LogP contribution in [0.25, 0.3) is 0 Å². The summed E-state index contributed by atoms with van der Waals surface area (Å²) in [7, 11) is 0. The van der Waals surface area contributed by atoms with Crippen molar-refractivity contribution < 1.29 is 22.6 Å². The first-order valence-corrected chi connectivity index (χ1v) is 7.34. The van der Waals surface area contributed by atoms with Crippen LogP contribution in [0.4, 0.5) is 13.2 Å². The van der Waals surface area contributed by atoms with E-state index in [-0.39, 0.29) is 12.0 Å². The second-order valence-electron chi connectivity index (χ2n) is 5.85. The molecule has 0 N–H and O–H groups in total. The number of ether oxygens (including phenoxy) is 2. The van der Waals surface area contributed by atoms with Crippen molar-refractivity contribution in [3.8, 4) is 5.88 Å². The van der Waals surface area contributed by atoms with Crippen LogP contribution in [0.1, 0.15) is 19.4 Å². The lowest BCUT2D eigenvalue weighted by atomic mass is 10.2. The van der Waals surface area contributed by atoms with Gasteiger partial charge in [0, 0.05) is 31.9 Å². The topological polar surface area (TPSA) is 34.6 Å². The summed E-state index contributed by atoms with van der Waals surface area (Å²) < 4.78 is 48.7. The Hall–Kier alpha value is -1.34. The maximum Gasteiger partial charge on any atom is 0.417 e. The Kier molecular flexibility index (Phi) is 5.63. The highest BCUT2D eigenvalue weighted by molar-refractivity contribution is 5.20. The van der Waals surface area contributed by atoms with Crippen molar-refractivity contribution in [2.45, 2.75) is 26.1 Å². The summed E-state index contributed by atoms with van der Waals surface area (Å²) in [6.07, 6.45) is -3.82. The Balaban J connectivity index is 1.96. The first-order chi connectivity index (χ1) is 10.3. The van der Waals surface area contributed by atoms with Crippen LogP contribution < -0.4 is 4.74 Å². The van der Waals surface area contributed by atoms with Crippen molar-refractivity contribution in [3.63, 3.8) is 0 Å². The molecule has 2 heterocycles. The van der Waals surface area contributed by atoms with Crippen LogP contribution in [0.3, 0.4) is 0 Å². The molecule has 1 atom stereocenters. The minimum absolute atomic E-state index is 0.188. The van der Waals surface area contributed by atoms with Crippen molar-refractivity contribution in [2.24, 2.45) is 5.92 Å². The van der Waals surface area contributed by atoms with Crippen LogP contribution in [0.5, 0.6) is 5.88 Å². The maximum absolute atomic E-state index is 12.5. The quantitative estimate of drug-likeness (QED) is 0.855. The molecule has 1 aliphatic heterocycles. The lowest BCUT2D eigenvalue weighted by Crippen LogP contribution is -2.38. The van der Waals surface area contributed by atoms with Crippen molar-refractivity contribution in [1.29, 1.82) is 0 Å². The van der Waals surface area contributed by atoms with E-state index in [0.29, 0.717) is 25.7 Å². The standard InChI is InChI=1S/C15H21F3N2O2/c1-11(2)8-20-5-6-21-10-13(9-20)22-14-4-3-12(7-19-14)15(16,17)18/h3-4,7,11,13H,5-6,8-10H2,1-2H3. The molecule has 0 bridgehead atoms. The number of hydrogen-bond donors (Lipinski definition) is 0. The Morgan fingerprint density at radius 1 is 1.41 bits per heavy atom. The Morgan fingerprint density at radius 3 is 2.77 bits per heavy atom. The van der Waals surface area contributed by atoms with Gasteiger partial charge >= 0.3 is 6.18 Å². The molecule has 0 amide bonds. The Bertz CT molecular complexity index is 463. The van der Waals surface area contributed by atoms with Crippen molar-refractivity contribution in [1.82, 2.24) is 9.88 Å². The van der Waals surface area contributed by atoms with Crippen molar-refractivity contribution in [2.75, 3.05) is 32.8 Å². The molecular formula is C15H21F3N2O2. The fraction of sp³-hybridized carbons (Fsp3) is 0.667. The number of pyridine rings is 1. The highest BCUT2D eigenvalue weighted by Gasteiger charge is 2.31. The fourth-order valence-corrected chi connectivity index (χ4v) is 2.38. The molecule has 2 rings (SSSR count). The lowest BCUT2D eigenvalue weighted by Gasteiger charge is -2.25. The van der Waals surface area contributed by atoms with E-state index in [0.717, 1.165) is 25.4 Å². The van der Waals surface area contributed by atoms with Crippen LogP contribution in [0.2, 0.25) is 0 Å². The SMILES string of the molecule is CC(C)CN1CCOCC(Oc2ccc(C(F)(F)F)cn2)C1. The highest BCUT2D eigenvalue weighted by atomic mass is 19.4. The second-order valence-corrected chi connectivity index (χ2v) is 5.85. The van der Waals surface area contributed by atoms with Gasteiger partial charge in [0.15, 0.2) is 0 Å². The van der Waals surface area contributed by atoms with E-state index in [1.807, 2.05) is 0 Å². The predicted molar refractivity (Wildman–Crippen MR) is 75.8 cm³/mol. The van der Waals surface area contributed by atoms with Crippen LogP contribution in [-0.2, 0) is 10.9 Å². The molecule has 1 aliphatic rings. The summed E-state index contributed by atoms with van der Waals surface area (Å²) >= 11 is 0. The Morgan fingerprint density at radius 2 is 2.18 bits per heavy atom. The molecule has 1 aromatic heterocycles. The molecule has 124 valence electrons.